The molecule has 1 aliphatic heterocycles. The molecule has 1 unspecified atom stereocenters. The molecule has 2 aliphatic rings. The van der Waals surface area contributed by atoms with Crippen molar-refractivity contribution in [2.24, 2.45) is 0 Å². The number of imide groups is 1. The number of benzene rings is 1. The van der Waals surface area contributed by atoms with Crippen LogP contribution in [0.2, 0.25) is 0 Å². The van der Waals surface area contributed by atoms with Crippen molar-refractivity contribution in [3.05, 3.63) is 22.7 Å². The molecule has 2 N–H and O–H groups in total. The maximum absolute atomic E-state index is 12.2. The number of thioether (sulfide) groups is 1. The van der Waals surface area contributed by atoms with Crippen molar-refractivity contribution >= 4 is 45.2 Å². The lowest BCUT2D eigenvalue weighted by atomic mass is 10.3. The standard InChI is InChI=1S/C13H13BrN2O2S/c14-7-1-4-9(15)10(5-7)19-11-6-12(17)16(13(11)18)8-2-3-8/h1,4-5,8,11H,2-3,6,15H2. The molecule has 6 heteroatoms. The van der Waals surface area contributed by atoms with Crippen LogP contribution in [0.4, 0.5) is 5.69 Å². The van der Waals surface area contributed by atoms with Crippen LogP contribution >= 0.6 is 27.7 Å². The third-order valence-corrected chi connectivity index (χ3v) is 5.05. The Balaban J connectivity index is 1.78. The SMILES string of the molecule is Nc1ccc(Br)cc1SC1CC(=O)N(C2CC2)C1=O. The van der Waals surface area contributed by atoms with Gasteiger partial charge in [0.05, 0.1) is 5.25 Å². The van der Waals surface area contributed by atoms with Gasteiger partial charge in [-0.05, 0) is 31.0 Å². The number of likely N-dealkylation sites (tertiary alicyclic amines) is 1. The molecule has 1 aliphatic carbocycles. The smallest absolute Gasteiger partial charge is 0.243 e. The second kappa shape index (κ2) is 4.83. The lowest BCUT2D eigenvalue weighted by molar-refractivity contribution is -0.138. The first kappa shape index (κ1) is 13.0. The first-order valence-corrected chi connectivity index (χ1v) is 7.81. The molecule has 0 aromatic heterocycles. The predicted molar refractivity (Wildman–Crippen MR) is 77.7 cm³/mol. The fraction of sp³-hybridized carbons (Fsp3) is 0.385. The van der Waals surface area contributed by atoms with Gasteiger partial charge in [-0.3, -0.25) is 14.5 Å². The molecule has 19 heavy (non-hydrogen) atoms. The Morgan fingerprint density at radius 2 is 2.05 bits per heavy atom. The minimum absolute atomic E-state index is 0.0430. The van der Waals surface area contributed by atoms with Gasteiger partial charge in [-0.1, -0.05) is 15.9 Å². The van der Waals surface area contributed by atoms with Crippen molar-refractivity contribution in [1.82, 2.24) is 4.90 Å². The van der Waals surface area contributed by atoms with E-state index in [1.165, 1.54) is 16.7 Å². The van der Waals surface area contributed by atoms with Gasteiger partial charge < -0.3 is 5.73 Å². The molecule has 0 spiro atoms. The van der Waals surface area contributed by atoms with Crippen LogP contribution in [0.5, 0.6) is 0 Å². The van der Waals surface area contributed by atoms with E-state index < -0.39 is 0 Å². The predicted octanol–water partition coefficient (Wildman–Crippen LogP) is 2.41. The molecule has 1 atom stereocenters. The zero-order chi connectivity index (χ0) is 13.6. The number of halogens is 1. The molecule has 1 saturated carbocycles. The molecule has 1 heterocycles. The Kier molecular flexibility index (Phi) is 3.30. The first-order valence-electron chi connectivity index (χ1n) is 6.14. The monoisotopic (exact) mass is 340 g/mol. The molecule has 0 radical (unpaired) electrons. The quantitative estimate of drug-likeness (QED) is 0.677. The normalized spacial score (nSPS) is 23.2. The summed E-state index contributed by atoms with van der Waals surface area (Å²) in [5.74, 6) is -0.101. The number of nitrogen functional groups attached to an aromatic ring is 1. The number of anilines is 1. The van der Waals surface area contributed by atoms with E-state index in [0.717, 1.165) is 22.2 Å². The van der Waals surface area contributed by atoms with Gasteiger partial charge in [-0.2, -0.15) is 0 Å². The number of nitrogens with two attached hydrogens (primary N) is 1. The Bertz CT molecular complexity index is 560. The van der Waals surface area contributed by atoms with Gasteiger partial charge in [0.1, 0.15) is 0 Å². The molecular weight excluding hydrogens is 328 g/mol. The number of hydrogen-bond acceptors (Lipinski definition) is 4. The summed E-state index contributed by atoms with van der Waals surface area (Å²) in [6.07, 6.45) is 2.19. The molecule has 100 valence electrons. The lowest BCUT2D eigenvalue weighted by Gasteiger charge is -2.14. The maximum Gasteiger partial charge on any atom is 0.243 e. The maximum atomic E-state index is 12.2. The van der Waals surface area contributed by atoms with Crippen LogP contribution in [0.15, 0.2) is 27.6 Å². The van der Waals surface area contributed by atoms with Crippen LogP contribution in [-0.4, -0.2) is 28.0 Å². The fourth-order valence-corrected chi connectivity index (χ4v) is 3.85. The van der Waals surface area contributed by atoms with Crippen molar-refractivity contribution in [3.63, 3.8) is 0 Å². The van der Waals surface area contributed by atoms with E-state index >= 15 is 0 Å². The van der Waals surface area contributed by atoms with Crippen LogP contribution in [0.1, 0.15) is 19.3 Å². The number of rotatable bonds is 3. The summed E-state index contributed by atoms with van der Waals surface area (Å²) in [5.41, 5.74) is 6.54. The van der Waals surface area contributed by atoms with E-state index in [9.17, 15) is 9.59 Å². The average Bonchev–Trinajstić information content (AvgIpc) is 3.13. The van der Waals surface area contributed by atoms with E-state index in [4.69, 9.17) is 5.73 Å². The van der Waals surface area contributed by atoms with E-state index in [1.54, 1.807) is 6.07 Å². The van der Waals surface area contributed by atoms with E-state index in [0.29, 0.717) is 5.69 Å². The first-order chi connectivity index (χ1) is 9.06. The summed E-state index contributed by atoms with van der Waals surface area (Å²) in [4.78, 5) is 26.4. The van der Waals surface area contributed by atoms with Crippen LogP contribution in [0, 0.1) is 0 Å². The number of carbonyl (C=O) groups excluding carboxylic acids is 2. The number of carbonyl (C=O) groups is 2. The highest BCUT2D eigenvalue weighted by Crippen LogP contribution is 2.39. The Morgan fingerprint density at radius 1 is 1.32 bits per heavy atom. The highest BCUT2D eigenvalue weighted by atomic mass is 79.9. The van der Waals surface area contributed by atoms with Gasteiger partial charge in [-0.25, -0.2) is 0 Å². The second-order valence-corrected chi connectivity index (χ2v) is 6.99. The summed E-state index contributed by atoms with van der Waals surface area (Å²) in [6.45, 7) is 0. The van der Waals surface area contributed by atoms with Crippen LogP contribution in [-0.2, 0) is 9.59 Å². The van der Waals surface area contributed by atoms with Crippen molar-refractivity contribution in [1.29, 1.82) is 0 Å². The zero-order valence-corrected chi connectivity index (χ0v) is 12.5. The number of hydrogen-bond donors (Lipinski definition) is 1. The van der Waals surface area contributed by atoms with Crippen molar-refractivity contribution in [2.75, 3.05) is 5.73 Å². The van der Waals surface area contributed by atoms with Gasteiger partial charge in [-0.15, -0.1) is 11.8 Å². The third-order valence-electron chi connectivity index (χ3n) is 3.30. The average molecular weight is 341 g/mol. The van der Waals surface area contributed by atoms with Crippen molar-refractivity contribution in [2.45, 2.75) is 35.4 Å². The van der Waals surface area contributed by atoms with Crippen molar-refractivity contribution in [3.8, 4) is 0 Å². The number of nitrogens with zero attached hydrogens (tertiary/aromatic N) is 1. The highest BCUT2D eigenvalue weighted by molar-refractivity contribution is 9.10. The van der Waals surface area contributed by atoms with Crippen molar-refractivity contribution < 1.29 is 9.59 Å². The summed E-state index contributed by atoms with van der Waals surface area (Å²) < 4.78 is 0.917. The summed E-state index contributed by atoms with van der Waals surface area (Å²) in [5, 5.41) is -0.329. The van der Waals surface area contributed by atoms with E-state index in [-0.39, 0.29) is 29.5 Å². The molecule has 3 rings (SSSR count). The second-order valence-electron chi connectivity index (χ2n) is 4.83. The Hall–Kier alpha value is -1.01. The molecule has 1 saturated heterocycles. The molecule has 1 aromatic carbocycles. The molecule has 4 nitrogen and oxygen atoms in total. The topological polar surface area (TPSA) is 63.4 Å². The van der Waals surface area contributed by atoms with E-state index in [2.05, 4.69) is 15.9 Å². The Labute approximate surface area is 123 Å². The third kappa shape index (κ3) is 2.51. The summed E-state index contributed by atoms with van der Waals surface area (Å²) in [7, 11) is 0. The van der Waals surface area contributed by atoms with E-state index in [1.807, 2.05) is 12.1 Å². The number of amides is 2. The minimum atomic E-state index is -0.329. The summed E-state index contributed by atoms with van der Waals surface area (Å²) in [6, 6.07) is 5.70. The van der Waals surface area contributed by atoms with Gasteiger partial charge in [0.25, 0.3) is 0 Å². The molecule has 1 aromatic rings. The van der Waals surface area contributed by atoms with Crippen LogP contribution in [0.3, 0.4) is 0 Å². The zero-order valence-electron chi connectivity index (χ0n) is 10.1. The largest absolute Gasteiger partial charge is 0.398 e. The molecule has 0 bridgehead atoms. The molecular formula is C13H13BrN2O2S. The molecule has 2 fully saturated rings. The van der Waals surface area contributed by atoms with Gasteiger partial charge in [0.2, 0.25) is 11.8 Å². The summed E-state index contributed by atoms with van der Waals surface area (Å²) >= 11 is 4.77. The Morgan fingerprint density at radius 3 is 2.74 bits per heavy atom. The fourth-order valence-electron chi connectivity index (χ4n) is 2.19. The minimum Gasteiger partial charge on any atom is -0.398 e. The van der Waals surface area contributed by atoms with Gasteiger partial charge in [0.15, 0.2) is 0 Å². The highest BCUT2D eigenvalue weighted by Gasteiger charge is 2.46. The lowest BCUT2D eigenvalue weighted by Crippen LogP contribution is -2.33. The van der Waals surface area contributed by atoms with Gasteiger partial charge in [0, 0.05) is 27.5 Å². The van der Waals surface area contributed by atoms with Gasteiger partial charge >= 0.3 is 0 Å². The van der Waals surface area contributed by atoms with Crippen LogP contribution < -0.4 is 5.73 Å². The van der Waals surface area contributed by atoms with Crippen LogP contribution in [0.25, 0.3) is 0 Å². The molecule has 2 amide bonds.